The van der Waals surface area contributed by atoms with Crippen molar-refractivity contribution in [3.05, 3.63) is 0 Å². The Balaban J connectivity index is 2.41. The van der Waals surface area contributed by atoms with E-state index in [2.05, 4.69) is 6.92 Å². The van der Waals surface area contributed by atoms with Crippen LogP contribution in [0.4, 0.5) is 0 Å². The van der Waals surface area contributed by atoms with E-state index in [0.717, 1.165) is 25.7 Å². The molecule has 1 rings (SSSR count). The van der Waals surface area contributed by atoms with Crippen molar-refractivity contribution in [1.82, 2.24) is 0 Å². The molecule has 1 aliphatic rings. The van der Waals surface area contributed by atoms with Crippen LogP contribution < -0.4 is 0 Å². The van der Waals surface area contributed by atoms with Crippen molar-refractivity contribution in [3.63, 3.8) is 0 Å². The summed E-state index contributed by atoms with van der Waals surface area (Å²) in [4.78, 5) is 11.2. The van der Waals surface area contributed by atoms with Gasteiger partial charge in [-0.1, -0.05) is 13.8 Å². The van der Waals surface area contributed by atoms with Crippen LogP contribution in [0.15, 0.2) is 0 Å². The first-order chi connectivity index (χ1) is 5.27. The van der Waals surface area contributed by atoms with Crippen LogP contribution in [0.5, 0.6) is 0 Å². The summed E-state index contributed by atoms with van der Waals surface area (Å²) in [6.45, 7) is 4.10. The van der Waals surface area contributed by atoms with E-state index in [1.807, 2.05) is 6.92 Å². The third-order valence-corrected chi connectivity index (χ3v) is 2.40. The lowest BCUT2D eigenvalue weighted by Gasteiger charge is -2.26. The number of carbonyl (C=O) groups excluding carboxylic acids is 1. The molecular formula is C9H16O2. The van der Waals surface area contributed by atoms with Crippen LogP contribution in [0, 0.1) is 5.92 Å². The van der Waals surface area contributed by atoms with E-state index >= 15 is 0 Å². The van der Waals surface area contributed by atoms with Crippen LogP contribution in [0.1, 0.15) is 39.5 Å². The van der Waals surface area contributed by atoms with Crippen LogP contribution >= 0.6 is 0 Å². The number of rotatable bonds is 2. The molecule has 0 unspecified atom stereocenters. The monoisotopic (exact) mass is 156 g/mol. The summed E-state index contributed by atoms with van der Waals surface area (Å²) in [5.74, 6) is 0.198. The highest BCUT2D eigenvalue weighted by atomic mass is 16.5. The summed E-state index contributed by atoms with van der Waals surface area (Å²) >= 11 is 0. The quantitative estimate of drug-likeness (QED) is 0.572. The lowest BCUT2D eigenvalue weighted by Crippen LogP contribution is -2.30. The molecule has 2 nitrogen and oxygen atoms in total. The number of ether oxygens (including phenoxy) is 1. The standard InChI is InChI=1S/C9H16O2/c1-3-7-5-6-8(4-2)11-9(7)10/h7-8H,3-6H2,1-2H3/t7-,8+/m0/s1. The van der Waals surface area contributed by atoms with Crippen molar-refractivity contribution < 1.29 is 9.53 Å². The minimum absolute atomic E-state index is 0.0191. The second-order valence-corrected chi connectivity index (χ2v) is 3.15. The van der Waals surface area contributed by atoms with Gasteiger partial charge in [0.1, 0.15) is 6.10 Å². The first-order valence-corrected chi connectivity index (χ1v) is 4.48. The van der Waals surface area contributed by atoms with Crippen LogP contribution in [0.3, 0.4) is 0 Å². The molecule has 0 saturated carbocycles. The van der Waals surface area contributed by atoms with Gasteiger partial charge >= 0.3 is 5.97 Å². The van der Waals surface area contributed by atoms with Crippen LogP contribution in [0.2, 0.25) is 0 Å². The summed E-state index contributed by atoms with van der Waals surface area (Å²) in [5.41, 5.74) is 0. The van der Waals surface area contributed by atoms with Gasteiger partial charge in [-0.15, -0.1) is 0 Å². The Hall–Kier alpha value is -0.530. The lowest BCUT2D eigenvalue weighted by atomic mass is 9.95. The number of carbonyl (C=O) groups is 1. The predicted octanol–water partition coefficient (Wildman–Crippen LogP) is 2.13. The van der Waals surface area contributed by atoms with Gasteiger partial charge in [0.25, 0.3) is 0 Å². The summed E-state index contributed by atoms with van der Waals surface area (Å²) < 4.78 is 5.20. The smallest absolute Gasteiger partial charge is 0.309 e. The molecule has 0 amide bonds. The lowest BCUT2D eigenvalue weighted by molar-refractivity contribution is -0.160. The van der Waals surface area contributed by atoms with Gasteiger partial charge in [0.05, 0.1) is 5.92 Å². The maximum atomic E-state index is 11.2. The molecule has 0 bridgehead atoms. The number of hydrogen-bond donors (Lipinski definition) is 0. The molecular weight excluding hydrogens is 140 g/mol. The van der Waals surface area contributed by atoms with E-state index in [4.69, 9.17) is 4.74 Å². The maximum absolute atomic E-state index is 11.2. The van der Waals surface area contributed by atoms with Gasteiger partial charge < -0.3 is 4.74 Å². The Labute approximate surface area is 67.9 Å². The van der Waals surface area contributed by atoms with Crippen molar-refractivity contribution in [2.75, 3.05) is 0 Å². The minimum atomic E-state index is 0.0191. The summed E-state index contributed by atoms with van der Waals surface area (Å²) in [6, 6.07) is 0. The molecule has 0 aliphatic carbocycles. The molecule has 0 radical (unpaired) electrons. The third kappa shape index (κ3) is 1.95. The van der Waals surface area contributed by atoms with Gasteiger partial charge in [-0.3, -0.25) is 4.79 Å². The normalized spacial score (nSPS) is 31.6. The molecule has 0 aromatic rings. The van der Waals surface area contributed by atoms with Crippen LogP contribution in [0.25, 0.3) is 0 Å². The largest absolute Gasteiger partial charge is 0.462 e. The molecule has 0 N–H and O–H groups in total. The molecule has 2 atom stereocenters. The highest BCUT2D eigenvalue weighted by Crippen LogP contribution is 2.23. The topological polar surface area (TPSA) is 26.3 Å². The molecule has 64 valence electrons. The predicted molar refractivity (Wildman–Crippen MR) is 43.2 cm³/mol. The molecule has 2 heteroatoms. The first kappa shape index (κ1) is 8.57. The van der Waals surface area contributed by atoms with Crippen molar-refractivity contribution in [2.45, 2.75) is 45.6 Å². The van der Waals surface area contributed by atoms with Crippen molar-refractivity contribution in [2.24, 2.45) is 5.92 Å². The van der Waals surface area contributed by atoms with Gasteiger partial charge in [-0.25, -0.2) is 0 Å². The maximum Gasteiger partial charge on any atom is 0.309 e. The van der Waals surface area contributed by atoms with Crippen molar-refractivity contribution >= 4 is 5.97 Å². The van der Waals surface area contributed by atoms with Gasteiger partial charge in [-0.2, -0.15) is 0 Å². The molecule has 0 spiro atoms. The van der Waals surface area contributed by atoms with E-state index in [1.54, 1.807) is 0 Å². The average molecular weight is 156 g/mol. The summed E-state index contributed by atoms with van der Waals surface area (Å²) in [5, 5.41) is 0. The van der Waals surface area contributed by atoms with E-state index in [9.17, 15) is 4.79 Å². The summed E-state index contributed by atoms with van der Waals surface area (Å²) in [7, 11) is 0. The molecule has 1 fully saturated rings. The van der Waals surface area contributed by atoms with E-state index in [1.165, 1.54) is 0 Å². The number of cyclic esters (lactones) is 1. The Morgan fingerprint density at radius 2 is 2.09 bits per heavy atom. The molecule has 11 heavy (non-hydrogen) atoms. The van der Waals surface area contributed by atoms with Gasteiger partial charge in [0.15, 0.2) is 0 Å². The highest BCUT2D eigenvalue weighted by Gasteiger charge is 2.27. The number of hydrogen-bond acceptors (Lipinski definition) is 2. The first-order valence-electron chi connectivity index (χ1n) is 4.48. The Morgan fingerprint density at radius 3 is 2.55 bits per heavy atom. The van der Waals surface area contributed by atoms with Crippen molar-refractivity contribution in [3.8, 4) is 0 Å². The Bertz CT molecular complexity index is 142. The van der Waals surface area contributed by atoms with Crippen LogP contribution in [-0.2, 0) is 9.53 Å². The fourth-order valence-corrected chi connectivity index (χ4v) is 1.48. The Kier molecular flexibility index (Phi) is 2.92. The zero-order chi connectivity index (χ0) is 8.27. The SMILES string of the molecule is CC[C@@H]1CC[C@H](CC)C(=O)O1. The molecule has 1 saturated heterocycles. The molecule has 1 heterocycles. The van der Waals surface area contributed by atoms with Crippen molar-refractivity contribution in [1.29, 1.82) is 0 Å². The highest BCUT2D eigenvalue weighted by molar-refractivity contribution is 5.73. The van der Waals surface area contributed by atoms with Gasteiger partial charge in [0, 0.05) is 0 Å². The number of esters is 1. The Morgan fingerprint density at radius 1 is 1.36 bits per heavy atom. The fraction of sp³-hybridized carbons (Fsp3) is 0.889. The molecule has 0 aromatic carbocycles. The van der Waals surface area contributed by atoms with Gasteiger partial charge in [0.2, 0.25) is 0 Å². The second-order valence-electron chi connectivity index (χ2n) is 3.15. The van der Waals surface area contributed by atoms with E-state index < -0.39 is 0 Å². The van der Waals surface area contributed by atoms with Crippen LogP contribution in [-0.4, -0.2) is 12.1 Å². The molecule has 1 aliphatic heterocycles. The fourth-order valence-electron chi connectivity index (χ4n) is 1.48. The minimum Gasteiger partial charge on any atom is -0.462 e. The molecule has 0 aromatic heterocycles. The second kappa shape index (κ2) is 3.74. The van der Waals surface area contributed by atoms with Gasteiger partial charge in [-0.05, 0) is 25.7 Å². The third-order valence-electron chi connectivity index (χ3n) is 2.40. The average Bonchev–Trinajstić information content (AvgIpc) is 2.04. The van der Waals surface area contributed by atoms with E-state index in [-0.39, 0.29) is 18.0 Å². The summed E-state index contributed by atoms with van der Waals surface area (Å²) in [6.07, 6.45) is 4.16. The van der Waals surface area contributed by atoms with E-state index in [0.29, 0.717) is 0 Å². The zero-order valence-electron chi connectivity index (χ0n) is 7.30. The zero-order valence-corrected chi connectivity index (χ0v) is 7.30.